The van der Waals surface area contributed by atoms with Gasteiger partial charge in [0.25, 0.3) is 0 Å². The third-order valence-electron chi connectivity index (χ3n) is 3.48. The maximum Gasteiger partial charge on any atom is 0.0583 e. The van der Waals surface area contributed by atoms with Gasteiger partial charge in [-0.1, -0.05) is 0 Å². The van der Waals surface area contributed by atoms with Gasteiger partial charge in [0.2, 0.25) is 0 Å². The second kappa shape index (κ2) is 5.28. The van der Waals surface area contributed by atoms with E-state index in [4.69, 9.17) is 10.8 Å². The van der Waals surface area contributed by atoms with Crippen molar-refractivity contribution in [3.05, 3.63) is 0 Å². The standard InChI is InChI=1S/C12H24N2O/c13-12(9-15)5-6-14(7-10-1-2-10)8-11-3-4-11/h10-12,15H,1-9,13H2. The summed E-state index contributed by atoms with van der Waals surface area (Å²) in [5, 5.41) is 8.89. The number of nitrogens with two attached hydrogens (primary N) is 1. The normalized spacial score (nSPS) is 23.4. The predicted molar refractivity (Wildman–Crippen MR) is 61.6 cm³/mol. The molecule has 0 aromatic heterocycles. The molecule has 15 heavy (non-hydrogen) atoms. The predicted octanol–water partition coefficient (Wildman–Crippen LogP) is 0.818. The molecule has 3 N–H and O–H groups in total. The molecule has 0 amide bonds. The maximum absolute atomic E-state index is 8.89. The molecule has 0 saturated heterocycles. The van der Waals surface area contributed by atoms with Crippen LogP contribution in [0.25, 0.3) is 0 Å². The van der Waals surface area contributed by atoms with Gasteiger partial charge in [-0.15, -0.1) is 0 Å². The first-order chi connectivity index (χ1) is 7.28. The number of aliphatic hydroxyl groups excluding tert-OH is 1. The fourth-order valence-electron chi connectivity index (χ4n) is 2.03. The first-order valence-electron chi connectivity index (χ1n) is 6.36. The van der Waals surface area contributed by atoms with E-state index in [2.05, 4.69) is 4.90 Å². The Balaban J connectivity index is 1.65. The van der Waals surface area contributed by atoms with E-state index in [1.807, 2.05) is 0 Å². The van der Waals surface area contributed by atoms with Crippen molar-refractivity contribution in [3.63, 3.8) is 0 Å². The van der Waals surface area contributed by atoms with Crippen LogP contribution in [-0.2, 0) is 0 Å². The average molecular weight is 212 g/mol. The van der Waals surface area contributed by atoms with Crippen molar-refractivity contribution < 1.29 is 5.11 Å². The van der Waals surface area contributed by atoms with Crippen molar-refractivity contribution in [1.82, 2.24) is 4.90 Å². The van der Waals surface area contributed by atoms with Gasteiger partial charge in [0.15, 0.2) is 0 Å². The molecule has 0 aromatic carbocycles. The Hall–Kier alpha value is -0.120. The van der Waals surface area contributed by atoms with Crippen molar-refractivity contribution >= 4 is 0 Å². The molecule has 2 aliphatic carbocycles. The fraction of sp³-hybridized carbons (Fsp3) is 1.00. The zero-order valence-electron chi connectivity index (χ0n) is 9.57. The van der Waals surface area contributed by atoms with Gasteiger partial charge in [0.1, 0.15) is 0 Å². The molecule has 88 valence electrons. The number of hydrogen-bond acceptors (Lipinski definition) is 3. The van der Waals surface area contributed by atoms with Gasteiger partial charge in [-0.2, -0.15) is 0 Å². The smallest absolute Gasteiger partial charge is 0.0583 e. The second-order valence-corrected chi connectivity index (χ2v) is 5.38. The van der Waals surface area contributed by atoms with Crippen molar-refractivity contribution in [1.29, 1.82) is 0 Å². The molecule has 2 aliphatic rings. The molecule has 0 aromatic rings. The molecular formula is C12H24N2O. The van der Waals surface area contributed by atoms with E-state index in [0.717, 1.165) is 24.8 Å². The summed E-state index contributed by atoms with van der Waals surface area (Å²) in [6.45, 7) is 3.75. The summed E-state index contributed by atoms with van der Waals surface area (Å²) in [7, 11) is 0. The Morgan fingerprint density at radius 3 is 2.07 bits per heavy atom. The largest absolute Gasteiger partial charge is 0.395 e. The molecule has 0 radical (unpaired) electrons. The first kappa shape index (κ1) is 11.4. The summed E-state index contributed by atoms with van der Waals surface area (Å²) in [4.78, 5) is 2.57. The SMILES string of the molecule is NC(CO)CCN(CC1CC1)CC1CC1. The van der Waals surface area contributed by atoms with E-state index in [9.17, 15) is 0 Å². The van der Waals surface area contributed by atoms with Crippen molar-refractivity contribution in [2.45, 2.75) is 38.1 Å². The van der Waals surface area contributed by atoms with Gasteiger partial charge < -0.3 is 15.7 Å². The van der Waals surface area contributed by atoms with Gasteiger partial charge in [-0.3, -0.25) is 0 Å². The lowest BCUT2D eigenvalue weighted by atomic mass is 10.2. The van der Waals surface area contributed by atoms with Crippen molar-refractivity contribution in [3.8, 4) is 0 Å². The van der Waals surface area contributed by atoms with Crippen molar-refractivity contribution in [2.75, 3.05) is 26.2 Å². The van der Waals surface area contributed by atoms with Crippen LogP contribution >= 0.6 is 0 Å². The van der Waals surface area contributed by atoms with E-state index in [1.165, 1.54) is 38.8 Å². The molecule has 3 heteroatoms. The maximum atomic E-state index is 8.89. The van der Waals surface area contributed by atoms with Gasteiger partial charge in [-0.05, 0) is 50.5 Å². The molecule has 0 bridgehead atoms. The summed E-state index contributed by atoms with van der Waals surface area (Å²) in [5.74, 6) is 1.93. The third kappa shape index (κ3) is 4.49. The van der Waals surface area contributed by atoms with Gasteiger partial charge in [-0.25, -0.2) is 0 Å². The van der Waals surface area contributed by atoms with Crippen LogP contribution in [0.1, 0.15) is 32.1 Å². The number of hydrogen-bond donors (Lipinski definition) is 2. The van der Waals surface area contributed by atoms with E-state index in [0.29, 0.717) is 0 Å². The van der Waals surface area contributed by atoms with Crippen LogP contribution in [0, 0.1) is 11.8 Å². The first-order valence-corrected chi connectivity index (χ1v) is 6.36. The summed E-state index contributed by atoms with van der Waals surface area (Å²) in [5.41, 5.74) is 5.74. The lowest BCUT2D eigenvalue weighted by Gasteiger charge is -2.23. The highest BCUT2D eigenvalue weighted by molar-refractivity contribution is 4.82. The summed E-state index contributed by atoms with van der Waals surface area (Å²) in [6.07, 6.45) is 6.64. The average Bonchev–Trinajstić information content (AvgIpc) is 3.08. The van der Waals surface area contributed by atoms with Crippen LogP contribution in [-0.4, -0.2) is 42.3 Å². The molecular weight excluding hydrogens is 188 g/mol. The molecule has 2 rings (SSSR count). The molecule has 1 unspecified atom stereocenters. The van der Waals surface area contributed by atoms with E-state index < -0.39 is 0 Å². The second-order valence-electron chi connectivity index (χ2n) is 5.38. The highest BCUT2D eigenvalue weighted by Crippen LogP contribution is 2.33. The Bertz CT molecular complexity index is 176. The quantitative estimate of drug-likeness (QED) is 0.626. The molecule has 2 fully saturated rings. The minimum Gasteiger partial charge on any atom is -0.395 e. The molecule has 3 nitrogen and oxygen atoms in total. The van der Waals surface area contributed by atoms with Crippen LogP contribution in [0.4, 0.5) is 0 Å². The minimum absolute atomic E-state index is 0.0223. The number of nitrogens with zero attached hydrogens (tertiary/aromatic N) is 1. The topological polar surface area (TPSA) is 49.5 Å². The Kier molecular flexibility index (Phi) is 4.00. The zero-order chi connectivity index (χ0) is 10.7. The monoisotopic (exact) mass is 212 g/mol. The summed E-state index contributed by atoms with van der Waals surface area (Å²) >= 11 is 0. The van der Waals surface area contributed by atoms with Crippen LogP contribution in [0.5, 0.6) is 0 Å². The van der Waals surface area contributed by atoms with Gasteiger partial charge in [0.05, 0.1) is 6.61 Å². The third-order valence-corrected chi connectivity index (χ3v) is 3.48. The molecule has 2 saturated carbocycles. The lowest BCUT2D eigenvalue weighted by molar-refractivity contribution is 0.214. The summed E-state index contributed by atoms with van der Waals surface area (Å²) in [6, 6.07) is -0.0223. The molecule has 0 aliphatic heterocycles. The molecule has 0 heterocycles. The van der Waals surface area contributed by atoms with Gasteiger partial charge >= 0.3 is 0 Å². The van der Waals surface area contributed by atoms with E-state index in [-0.39, 0.29) is 12.6 Å². The highest BCUT2D eigenvalue weighted by Gasteiger charge is 2.28. The van der Waals surface area contributed by atoms with Crippen molar-refractivity contribution in [2.24, 2.45) is 17.6 Å². The lowest BCUT2D eigenvalue weighted by Crippen LogP contribution is -2.34. The van der Waals surface area contributed by atoms with Crippen LogP contribution in [0.3, 0.4) is 0 Å². The molecule has 1 atom stereocenters. The highest BCUT2D eigenvalue weighted by atomic mass is 16.3. The van der Waals surface area contributed by atoms with Crippen LogP contribution in [0.15, 0.2) is 0 Å². The van der Waals surface area contributed by atoms with E-state index in [1.54, 1.807) is 0 Å². The minimum atomic E-state index is -0.0223. The van der Waals surface area contributed by atoms with Crippen LogP contribution in [0.2, 0.25) is 0 Å². The zero-order valence-corrected chi connectivity index (χ0v) is 9.57. The molecule has 0 spiro atoms. The summed E-state index contributed by atoms with van der Waals surface area (Å²) < 4.78 is 0. The Morgan fingerprint density at radius 1 is 1.13 bits per heavy atom. The number of aliphatic hydroxyl groups is 1. The van der Waals surface area contributed by atoms with E-state index >= 15 is 0 Å². The Labute approximate surface area is 92.6 Å². The van der Waals surface area contributed by atoms with Gasteiger partial charge in [0, 0.05) is 19.1 Å². The number of rotatable bonds is 8. The fourth-order valence-corrected chi connectivity index (χ4v) is 2.03. The Morgan fingerprint density at radius 2 is 1.67 bits per heavy atom. The van der Waals surface area contributed by atoms with Crippen LogP contribution < -0.4 is 5.73 Å².